The fourth-order valence-corrected chi connectivity index (χ4v) is 1.70. The highest BCUT2D eigenvalue weighted by Crippen LogP contribution is 2.22. The molecule has 3 nitrogen and oxygen atoms in total. The predicted octanol–water partition coefficient (Wildman–Crippen LogP) is 1.84. The van der Waals surface area contributed by atoms with Crippen molar-refractivity contribution in [3.8, 4) is 0 Å². The molecule has 0 saturated heterocycles. The lowest BCUT2D eigenvalue weighted by atomic mass is 10.1. The van der Waals surface area contributed by atoms with Crippen LogP contribution in [-0.4, -0.2) is 16.8 Å². The minimum Gasteiger partial charge on any atom is -0.477 e. The lowest BCUT2D eigenvalue weighted by Gasteiger charge is -1.99. The number of carboxylic acid groups (broad SMARTS) is 1. The van der Waals surface area contributed by atoms with Crippen molar-refractivity contribution in [3.05, 3.63) is 33.8 Å². The zero-order valence-corrected chi connectivity index (χ0v) is 8.21. The molecule has 0 saturated carbocycles. The molecular weight excluding hydrogens is 234 g/mol. The topological polar surface area (TPSA) is 49.7 Å². The summed E-state index contributed by atoms with van der Waals surface area (Å²) in [5.41, 5.74) is 1.86. The molecule has 0 aliphatic carbocycles. The second kappa shape index (κ2) is 2.96. The van der Waals surface area contributed by atoms with E-state index in [0.717, 1.165) is 15.6 Å². The maximum atomic E-state index is 10.7. The molecule has 0 unspecified atom stereocenters. The molecule has 13 heavy (non-hydrogen) atoms. The number of rotatable bonds is 1. The Hall–Kier alpha value is -1.16. The van der Waals surface area contributed by atoms with Gasteiger partial charge >= 0.3 is 5.97 Å². The van der Waals surface area contributed by atoms with Crippen LogP contribution in [0.5, 0.6) is 0 Å². The molecule has 0 spiro atoms. The normalized spacial score (nSPS) is 13.8. The Bertz CT molecular complexity index is 412. The largest absolute Gasteiger partial charge is 0.477 e. The van der Waals surface area contributed by atoms with Crippen LogP contribution in [0.2, 0.25) is 0 Å². The summed E-state index contributed by atoms with van der Waals surface area (Å²) < 4.78 is 0.877. The Morgan fingerprint density at radius 1 is 1.54 bits per heavy atom. The van der Waals surface area contributed by atoms with Crippen molar-refractivity contribution in [2.75, 3.05) is 0 Å². The van der Waals surface area contributed by atoms with Crippen LogP contribution >= 0.6 is 15.9 Å². The maximum Gasteiger partial charge on any atom is 0.354 e. The summed E-state index contributed by atoms with van der Waals surface area (Å²) >= 11 is 3.29. The van der Waals surface area contributed by atoms with Gasteiger partial charge in [-0.25, -0.2) is 4.79 Å². The third-order valence-electron chi connectivity index (χ3n) is 1.94. The summed E-state index contributed by atoms with van der Waals surface area (Å²) in [5, 5.41) is 8.80. The summed E-state index contributed by atoms with van der Waals surface area (Å²) in [7, 11) is 0. The number of carbonyl (C=O) groups is 1. The molecule has 1 heterocycles. The molecule has 0 radical (unpaired) electrons. The van der Waals surface area contributed by atoms with Crippen molar-refractivity contribution < 1.29 is 9.90 Å². The number of nitrogens with zero attached hydrogens (tertiary/aromatic N) is 1. The molecule has 1 aromatic rings. The van der Waals surface area contributed by atoms with Crippen molar-refractivity contribution >= 4 is 27.6 Å². The van der Waals surface area contributed by atoms with Crippen molar-refractivity contribution in [2.24, 2.45) is 4.99 Å². The highest BCUT2D eigenvalue weighted by molar-refractivity contribution is 9.10. The Kier molecular flexibility index (Phi) is 1.92. The van der Waals surface area contributed by atoms with Gasteiger partial charge in [-0.3, -0.25) is 4.99 Å². The van der Waals surface area contributed by atoms with Crippen LogP contribution in [0.3, 0.4) is 0 Å². The van der Waals surface area contributed by atoms with E-state index in [4.69, 9.17) is 5.11 Å². The Labute approximate surface area is 83.2 Å². The fraction of sp³-hybridized carbons (Fsp3) is 0.111. The average Bonchev–Trinajstić information content (AvgIpc) is 2.46. The first-order valence-electron chi connectivity index (χ1n) is 3.75. The summed E-state index contributed by atoms with van der Waals surface area (Å²) in [6, 6.07) is 5.56. The quantitative estimate of drug-likeness (QED) is 0.814. The molecule has 1 aromatic carbocycles. The number of hydrogen-bond donors (Lipinski definition) is 1. The van der Waals surface area contributed by atoms with Crippen LogP contribution in [-0.2, 0) is 11.3 Å². The van der Waals surface area contributed by atoms with E-state index in [-0.39, 0.29) is 5.71 Å². The van der Waals surface area contributed by atoms with Gasteiger partial charge in [-0.1, -0.05) is 22.0 Å². The Morgan fingerprint density at radius 3 is 3.00 bits per heavy atom. The van der Waals surface area contributed by atoms with E-state index >= 15 is 0 Å². The SMILES string of the molecule is O=C(O)C1=NCc2ccc(Br)cc21. The van der Waals surface area contributed by atoms with Gasteiger partial charge in [0.2, 0.25) is 0 Å². The number of halogens is 1. The highest BCUT2D eigenvalue weighted by Gasteiger charge is 2.21. The highest BCUT2D eigenvalue weighted by atomic mass is 79.9. The van der Waals surface area contributed by atoms with Gasteiger partial charge in [-0.15, -0.1) is 0 Å². The molecule has 0 amide bonds. The molecule has 0 aromatic heterocycles. The van der Waals surface area contributed by atoms with E-state index in [2.05, 4.69) is 20.9 Å². The number of fused-ring (bicyclic) bond motifs is 1. The van der Waals surface area contributed by atoms with E-state index < -0.39 is 5.97 Å². The predicted molar refractivity (Wildman–Crippen MR) is 52.0 cm³/mol. The van der Waals surface area contributed by atoms with E-state index in [9.17, 15) is 4.79 Å². The van der Waals surface area contributed by atoms with Gasteiger partial charge in [-0.05, 0) is 17.7 Å². The minimum atomic E-state index is -0.961. The van der Waals surface area contributed by atoms with Crippen LogP contribution in [0.1, 0.15) is 11.1 Å². The van der Waals surface area contributed by atoms with E-state index in [0.29, 0.717) is 6.54 Å². The smallest absolute Gasteiger partial charge is 0.354 e. The van der Waals surface area contributed by atoms with Crippen LogP contribution in [0, 0.1) is 0 Å². The van der Waals surface area contributed by atoms with Crippen molar-refractivity contribution in [1.29, 1.82) is 0 Å². The molecule has 1 N–H and O–H groups in total. The molecule has 4 heteroatoms. The molecule has 0 fully saturated rings. The van der Waals surface area contributed by atoms with Gasteiger partial charge < -0.3 is 5.11 Å². The molecule has 0 atom stereocenters. The lowest BCUT2D eigenvalue weighted by molar-refractivity contribution is -0.129. The first-order valence-corrected chi connectivity index (χ1v) is 4.54. The molecule has 66 valence electrons. The second-order valence-electron chi connectivity index (χ2n) is 2.77. The third kappa shape index (κ3) is 1.37. The zero-order valence-electron chi connectivity index (χ0n) is 6.62. The van der Waals surface area contributed by atoms with E-state index in [1.807, 2.05) is 12.1 Å². The van der Waals surface area contributed by atoms with Gasteiger partial charge in [-0.2, -0.15) is 0 Å². The summed E-state index contributed by atoms with van der Waals surface area (Å²) in [6.07, 6.45) is 0. The molecule has 2 rings (SSSR count). The van der Waals surface area contributed by atoms with Gasteiger partial charge in [0.05, 0.1) is 6.54 Å². The standard InChI is InChI=1S/C9H6BrNO2/c10-6-2-1-5-4-11-8(9(12)13)7(5)3-6/h1-3H,4H2,(H,12,13). The number of hydrogen-bond acceptors (Lipinski definition) is 2. The monoisotopic (exact) mass is 239 g/mol. The van der Waals surface area contributed by atoms with Crippen LogP contribution in [0.15, 0.2) is 27.7 Å². The van der Waals surface area contributed by atoms with Gasteiger partial charge in [0.25, 0.3) is 0 Å². The van der Waals surface area contributed by atoms with Crippen LogP contribution < -0.4 is 0 Å². The first-order chi connectivity index (χ1) is 6.18. The minimum absolute atomic E-state index is 0.163. The summed E-state index contributed by atoms with van der Waals surface area (Å²) in [6.45, 7) is 0.476. The first kappa shape index (κ1) is 8.44. The number of aliphatic imine (C=N–C) groups is 1. The molecule has 0 bridgehead atoms. The summed E-state index contributed by atoms with van der Waals surface area (Å²) in [4.78, 5) is 14.7. The summed E-state index contributed by atoms with van der Waals surface area (Å²) in [5.74, 6) is -0.961. The lowest BCUT2D eigenvalue weighted by Crippen LogP contribution is -2.12. The average molecular weight is 240 g/mol. The van der Waals surface area contributed by atoms with Gasteiger partial charge in [0, 0.05) is 10.0 Å². The Morgan fingerprint density at radius 2 is 2.31 bits per heavy atom. The van der Waals surface area contributed by atoms with E-state index in [1.54, 1.807) is 6.07 Å². The van der Waals surface area contributed by atoms with Crippen molar-refractivity contribution in [3.63, 3.8) is 0 Å². The number of aliphatic carboxylic acids is 1. The van der Waals surface area contributed by atoms with Gasteiger partial charge in [0.15, 0.2) is 5.71 Å². The maximum absolute atomic E-state index is 10.7. The van der Waals surface area contributed by atoms with E-state index in [1.165, 1.54) is 0 Å². The Balaban J connectivity index is 2.54. The van der Waals surface area contributed by atoms with Gasteiger partial charge in [0.1, 0.15) is 0 Å². The second-order valence-corrected chi connectivity index (χ2v) is 3.69. The van der Waals surface area contributed by atoms with Crippen molar-refractivity contribution in [2.45, 2.75) is 6.54 Å². The number of benzene rings is 1. The van der Waals surface area contributed by atoms with Crippen LogP contribution in [0.4, 0.5) is 0 Å². The number of carboxylic acids is 1. The zero-order chi connectivity index (χ0) is 9.42. The molecular formula is C9H6BrNO2. The molecule has 1 aliphatic rings. The third-order valence-corrected chi connectivity index (χ3v) is 2.43. The molecule has 1 aliphatic heterocycles. The van der Waals surface area contributed by atoms with Crippen LogP contribution in [0.25, 0.3) is 0 Å². The fourth-order valence-electron chi connectivity index (χ4n) is 1.34. The van der Waals surface area contributed by atoms with Crippen molar-refractivity contribution in [1.82, 2.24) is 0 Å².